The van der Waals surface area contributed by atoms with Gasteiger partial charge in [0.05, 0.1) is 11.9 Å². The van der Waals surface area contributed by atoms with Crippen LogP contribution < -0.4 is 10.6 Å². The van der Waals surface area contributed by atoms with Gasteiger partial charge in [-0.25, -0.2) is 28.5 Å². The Bertz CT molecular complexity index is 941. The molecule has 25 heavy (non-hydrogen) atoms. The predicted molar refractivity (Wildman–Crippen MR) is 87.0 cm³/mol. The molecule has 2 aromatic heterocycles. The second kappa shape index (κ2) is 6.63. The highest BCUT2D eigenvalue weighted by Gasteiger charge is 2.13. The first kappa shape index (κ1) is 16.5. The van der Waals surface area contributed by atoms with Gasteiger partial charge in [-0.3, -0.25) is 5.32 Å². The fraction of sp³-hybridized carbons (Fsp3) is 0.125. The number of benzene rings is 1. The van der Waals surface area contributed by atoms with Crippen molar-refractivity contribution in [2.24, 2.45) is 0 Å². The van der Waals surface area contributed by atoms with E-state index in [1.165, 1.54) is 12.3 Å². The number of carbonyl (C=O) groups is 1. The normalized spacial score (nSPS) is 10.7. The highest BCUT2D eigenvalue weighted by Crippen LogP contribution is 2.27. The predicted octanol–water partition coefficient (Wildman–Crippen LogP) is 2.82. The van der Waals surface area contributed by atoms with Gasteiger partial charge in [0, 0.05) is 12.1 Å². The van der Waals surface area contributed by atoms with E-state index in [2.05, 4.69) is 25.6 Å². The number of halogens is 2. The summed E-state index contributed by atoms with van der Waals surface area (Å²) >= 11 is 0. The van der Waals surface area contributed by atoms with Crippen LogP contribution in [0.1, 0.15) is 6.92 Å². The van der Waals surface area contributed by atoms with Gasteiger partial charge >= 0.3 is 6.03 Å². The lowest BCUT2D eigenvalue weighted by molar-refractivity contribution is 0.252. The lowest BCUT2D eigenvalue weighted by atomic mass is 10.1. The van der Waals surface area contributed by atoms with Crippen molar-refractivity contribution in [3.63, 3.8) is 0 Å². The molecule has 2 heterocycles. The zero-order valence-corrected chi connectivity index (χ0v) is 13.0. The summed E-state index contributed by atoms with van der Waals surface area (Å²) in [7, 11) is 0. The molecule has 0 aliphatic heterocycles. The van der Waals surface area contributed by atoms with Crippen LogP contribution in [0, 0.1) is 11.6 Å². The third-order valence-corrected chi connectivity index (χ3v) is 3.30. The van der Waals surface area contributed by atoms with Crippen molar-refractivity contribution in [2.75, 3.05) is 11.9 Å². The summed E-state index contributed by atoms with van der Waals surface area (Å²) in [6.07, 6.45) is 1.37. The fourth-order valence-electron chi connectivity index (χ4n) is 2.15. The van der Waals surface area contributed by atoms with E-state index < -0.39 is 23.4 Å². The van der Waals surface area contributed by atoms with E-state index in [1.807, 2.05) is 0 Å². The summed E-state index contributed by atoms with van der Waals surface area (Å²) in [6, 6.07) is 4.62. The minimum absolute atomic E-state index is 0.138. The smallest absolute Gasteiger partial charge is 0.320 e. The fourth-order valence-corrected chi connectivity index (χ4v) is 2.15. The van der Waals surface area contributed by atoms with Crippen LogP contribution in [0.4, 0.5) is 19.4 Å². The van der Waals surface area contributed by atoms with Gasteiger partial charge in [-0.15, -0.1) is 0 Å². The number of fused-ring (bicyclic) bond motifs is 1. The average molecular weight is 345 g/mol. The monoisotopic (exact) mass is 345 g/mol. The number of phenols is 1. The number of anilines is 1. The summed E-state index contributed by atoms with van der Waals surface area (Å²) in [4.78, 5) is 24.0. The second-order valence-corrected chi connectivity index (χ2v) is 5.07. The van der Waals surface area contributed by atoms with Crippen LogP contribution in [0.15, 0.2) is 30.5 Å². The van der Waals surface area contributed by atoms with Gasteiger partial charge < -0.3 is 10.4 Å². The van der Waals surface area contributed by atoms with E-state index in [4.69, 9.17) is 0 Å². The molecule has 0 aliphatic rings. The summed E-state index contributed by atoms with van der Waals surface area (Å²) in [5, 5.41) is 14.2. The van der Waals surface area contributed by atoms with Gasteiger partial charge in [0.15, 0.2) is 28.8 Å². The highest BCUT2D eigenvalue weighted by molar-refractivity contribution is 5.89. The molecule has 0 bridgehead atoms. The van der Waals surface area contributed by atoms with Crippen molar-refractivity contribution in [3.05, 3.63) is 42.1 Å². The standard InChI is InChI=1S/C16H13F2N5O2/c1-2-19-16(25)23-13-7-20-12-4-3-11(21-15(12)22-13)8-5-9(17)14(24)10(18)6-8/h3-7,24H,2H2,1H3,(H2,19,21,22,23,25). The zero-order chi connectivity index (χ0) is 18.0. The van der Waals surface area contributed by atoms with Crippen LogP contribution in [-0.2, 0) is 0 Å². The molecule has 0 aliphatic carbocycles. The first-order valence-corrected chi connectivity index (χ1v) is 7.35. The summed E-state index contributed by atoms with van der Waals surface area (Å²) in [5.74, 6) is -3.03. The van der Waals surface area contributed by atoms with Crippen LogP contribution in [0.5, 0.6) is 5.75 Å². The van der Waals surface area contributed by atoms with Gasteiger partial charge in [0.1, 0.15) is 5.52 Å². The lowest BCUT2D eigenvalue weighted by Crippen LogP contribution is -2.28. The number of hydrogen-bond donors (Lipinski definition) is 3. The van der Waals surface area contributed by atoms with Gasteiger partial charge in [-0.1, -0.05) is 0 Å². The van der Waals surface area contributed by atoms with Crippen molar-refractivity contribution in [1.29, 1.82) is 0 Å². The molecule has 0 saturated heterocycles. The number of amides is 2. The van der Waals surface area contributed by atoms with Crippen LogP contribution in [0.25, 0.3) is 22.4 Å². The maximum Gasteiger partial charge on any atom is 0.320 e. The molecule has 128 valence electrons. The highest BCUT2D eigenvalue weighted by atomic mass is 19.1. The number of aromatic nitrogens is 3. The molecule has 0 spiro atoms. The molecular formula is C16H13F2N5O2. The van der Waals surface area contributed by atoms with Gasteiger partial charge in [0.25, 0.3) is 0 Å². The van der Waals surface area contributed by atoms with Crippen LogP contribution in [0.2, 0.25) is 0 Å². The van der Waals surface area contributed by atoms with E-state index in [1.54, 1.807) is 13.0 Å². The molecule has 0 unspecified atom stereocenters. The number of nitrogens with one attached hydrogen (secondary N) is 2. The first-order chi connectivity index (χ1) is 12.0. The molecule has 3 aromatic rings. The molecular weight excluding hydrogens is 332 g/mol. The van der Waals surface area contributed by atoms with E-state index >= 15 is 0 Å². The molecule has 1 aromatic carbocycles. The van der Waals surface area contributed by atoms with Crippen LogP contribution in [0.3, 0.4) is 0 Å². The Hall–Kier alpha value is -3.36. The number of nitrogens with zero attached hydrogens (tertiary/aromatic N) is 3. The molecule has 3 N–H and O–H groups in total. The Morgan fingerprint density at radius 1 is 1.20 bits per heavy atom. The number of carbonyl (C=O) groups excluding carboxylic acids is 1. The minimum atomic E-state index is -1.09. The Kier molecular flexibility index (Phi) is 4.38. The van der Waals surface area contributed by atoms with Crippen LogP contribution in [-0.4, -0.2) is 32.6 Å². The Labute approximate surface area is 140 Å². The molecule has 7 nitrogen and oxygen atoms in total. The third-order valence-electron chi connectivity index (χ3n) is 3.30. The Balaban J connectivity index is 1.99. The van der Waals surface area contributed by atoms with Gasteiger partial charge in [-0.05, 0) is 31.2 Å². The minimum Gasteiger partial charge on any atom is -0.503 e. The second-order valence-electron chi connectivity index (χ2n) is 5.07. The molecule has 2 amide bonds. The van der Waals surface area contributed by atoms with Crippen molar-refractivity contribution in [3.8, 4) is 17.0 Å². The van der Waals surface area contributed by atoms with E-state index in [0.29, 0.717) is 12.1 Å². The maximum atomic E-state index is 13.5. The van der Waals surface area contributed by atoms with Crippen molar-refractivity contribution in [1.82, 2.24) is 20.3 Å². The maximum absolute atomic E-state index is 13.5. The SMILES string of the molecule is CCNC(=O)Nc1cnc2ccc(-c3cc(F)c(O)c(F)c3)nc2n1. The molecule has 3 rings (SSSR count). The Morgan fingerprint density at radius 2 is 1.92 bits per heavy atom. The molecule has 0 saturated carbocycles. The number of phenolic OH excluding ortho intramolecular Hbond substituents is 1. The number of hydrogen-bond acceptors (Lipinski definition) is 5. The zero-order valence-electron chi connectivity index (χ0n) is 13.0. The summed E-state index contributed by atoms with van der Waals surface area (Å²) < 4.78 is 27.0. The van der Waals surface area contributed by atoms with E-state index in [0.717, 1.165) is 12.1 Å². The largest absolute Gasteiger partial charge is 0.503 e. The first-order valence-electron chi connectivity index (χ1n) is 7.35. The average Bonchev–Trinajstić information content (AvgIpc) is 2.58. The lowest BCUT2D eigenvalue weighted by Gasteiger charge is -2.07. The number of pyridine rings is 1. The molecule has 9 heteroatoms. The quantitative estimate of drug-likeness (QED) is 0.678. The molecule has 0 fully saturated rings. The van der Waals surface area contributed by atoms with E-state index in [-0.39, 0.29) is 22.7 Å². The number of aromatic hydroxyl groups is 1. The van der Waals surface area contributed by atoms with Gasteiger partial charge in [-0.2, -0.15) is 0 Å². The van der Waals surface area contributed by atoms with Crippen molar-refractivity contribution >= 4 is 23.0 Å². The Morgan fingerprint density at radius 3 is 2.60 bits per heavy atom. The van der Waals surface area contributed by atoms with Crippen molar-refractivity contribution < 1.29 is 18.7 Å². The summed E-state index contributed by atoms with van der Waals surface area (Å²) in [6.45, 7) is 2.22. The topological polar surface area (TPSA) is 100 Å². The van der Waals surface area contributed by atoms with Crippen LogP contribution >= 0.6 is 0 Å². The number of rotatable bonds is 3. The number of urea groups is 1. The molecule has 0 atom stereocenters. The third kappa shape index (κ3) is 3.44. The molecule has 0 radical (unpaired) electrons. The van der Waals surface area contributed by atoms with Gasteiger partial charge in [0.2, 0.25) is 0 Å². The van der Waals surface area contributed by atoms with Crippen molar-refractivity contribution in [2.45, 2.75) is 6.92 Å². The van der Waals surface area contributed by atoms with E-state index in [9.17, 15) is 18.7 Å². The summed E-state index contributed by atoms with van der Waals surface area (Å²) in [5.41, 5.74) is 1.03.